The fraction of sp³-hybridized carbons (Fsp3) is 0.375. The van der Waals surface area contributed by atoms with Gasteiger partial charge in [0.1, 0.15) is 0 Å². The molecule has 4 rings (SSSR count). The largest absolute Gasteiger partial charge is 0.378 e. The third-order valence-electron chi connectivity index (χ3n) is 5.48. The molecule has 0 amide bonds. The predicted octanol–water partition coefficient (Wildman–Crippen LogP) is 3.74. The Bertz CT molecular complexity index is 900. The average Bonchev–Trinajstić information content (AvgIpc) is 3.15. The Kier molecular flexibility index (Phi) is 6.60. The summed E-state index contributed by atoms with van der Waals surface area (Å²) in [5, 5.41) is 8.30. The topological polar surface area (TPSA) is 42.3 Å². The first-order valence-corrected chi connectivity index (χ1v) is 10.5. The lowest BCUT2D eigenvalue weighted by Crippen LogP contribution is -2.37. The number of aryl methyl sites for hydroxylation is 2. The smallest absolute Gasteiger partial charge is 0.0645 e. The van der Waals surface area contributed by atoms with Crippen molar-refractivity contribution in [3.63, 3.8) is 0 Å². The summed E-state index contributed by atoms with van der Waals surface area (Å²) in [6, 6.07) is 19.0. The van der Waals surface area contributed by atoms with Crippen molar-refractivity contribution in [2.45, 2.75) is 26.3 Å². The molecule has 0 aliphatic carbocycles. The number of ether oxygens (including phenoxy) is 1. The lowest BCUT2D eigenvalue weighted by Gasteiger charge is -2.30. The van der Waals surface area contributed by atoms with Crippen LogP contribution in [0.1, 0.15) is 23.2 Å². The maximum absolute atomic E-state index is 5.49. The Hall–Kier alpha value is -2.63. The highest BCUT2D eigenvalue weighted by atomic mass is 16.5. The Morgan fingerprint density at radius 1 is 0.966 bits per heavy atom. The van der Waals surface area contributed by atoms with E-state index in [2.05, 4.69) is 64.8 Å². The van der Waals surface area contributed by atoms with Gasteiger partial charge in [-0.05, 0) is 55.6 Å². The maximum Gasteiger partial charge on any atom is 0.0645 e. The van der Waals surface area contributed by atoms with Crippen LogP contribution in [-0.4, -0.2) is 42.6 Å². The van der Waals surface area contributed by atoms with E-state index in [1.165, 1.54) is 16.8 Å². The summed E-state index contributed by atoms with van der Waals surface area (Å²) in [6.07, 6.45) is 4.30. The van der Waals surface area contributed by atoms with Gasteiger partial charge in [0.25, 0.3) is 0 Å². The quantitative estimate of drug-likeness (QED) is 0.595. The van der Waals surface area contributed by atoms with Gasteiger partial charge in [-0.2, -0.15) is 5.10 Å². The van der Waals surface area contributed by atoms with Crippen molar-refractivity contribution in [1.29, 1.82) is 0 Å². The highest BCUT2D eigenvalue weighted by Gasteiger charge is 2.14. The van der Waals surface area contributed by atoms with E-state index in [4.69, 9.17) is 4.74 Å². The van der Waals surface area contributed by atoms with Gasteiger partial charge >= 0.3 is 0 Å². The molecule has 3 aromatic rings. The van der Waals surface area contributed by atoms with E-state index in [1.54, 1.807) is 0 Å². The number of hydrogen-bond donors (Lipinski definition) is 1. The predicted molar refractivity (Wildman–Crippen MR) is 118 cm³/mol. The number of aromatic nitrogens is 2. The van der Waals surface area contributed by atoms with E-state index in [1.807, 2.05) is 22.9 Å². The summed E-state index contributed by atoms with van der Waals surface area (Å²) in [7, 11) is 0. The Labute approximate surface area is 173 Å². The number of para-hydroxylation sites is 2. The fourth-order valence-corrected chi connectivity index (χ4v) is 3.85. The van der Waals surface area contributed by atoms with Crippen molar-refractivity contribution >= 4 is 5.69 Å². The van der Waals surface area contributed by atoms with E-state index >= 15 is 0 Å². The summed E-state index contributed by atoms with van der Waals surface area (Å²) in [6.45, 7) is 7.57. The second-order valence-corrected chi connectivity index (χ2v) is 7.53. The second-order valence-electron chi connectivity index (χ2n) is 7.53. The number of morpholine rings is 1. The minimum absolute atomic E-state index is 0.817. The number of nitrogens with one attached hydrogen (secondary N) is 1. The number of anilines is 1. The molecule has 2 aromatic carbocycles. The van der Waals surface area contributed by atoms with Crippen LogP contribution >= 0.6 is 0 Å². The van der Waals surface area contributed by atoms with Crippen LogP contribution in [0, 0.1) is 6.92 Å². The third-order valence-corrected chi connectivity index (χ3v) is 5.48. The van der Waals surface area contributed by atoms with Crippen LogP contribution in [0.3, 0.4) is 0 Å². The van der Waals surface area contributed by atoms with Crippen molar-refractivity contribution < 1.29 is 4.74 Å². The lowest BCUT2D eigenvalue weighted by atomic mass is 10.1. The summed E-state index contributed by atoms with van der Waals surface area (Å²) in [5.74, 6) is 0. The van der Waals surface area contributed by atoms with Gasteiger partial charge in [-0.15, -0.1) is 0 Å². The molecule has 1 N–H and O–H groups in total. The SMILES string of the molecule is Cc1nn(-c2ccccc2)cc1CCCNCc1ccccc1N1CCOCC1. The van der Waals surface area contributed by atoms with Gasteiger partial charge in [-0.1, -0.05) is 36.4 Å². The number of nitrogens with zero attached hydrogens (tertiary/aromatic N) is 3. The molecule has 0 atom stereocenters. The molecule has 0 radical (unpaired) electrons. The van der Waals surface area contributed by atoms with Gasteiger partial charge in [0.15, 0.2) is 0 Å². The summed E-state index contributed by atoms with van der Waals surface area (Å²) >= 11 is 0. The van der Waals surface area contributed by atoms with E-state index in [-0.39, 0.29) is 0 Å². The highest BCUT2D eigenvalue weighted by Crippen LogP contribution is 2.21. The van der Waals surface area contributed by atoms with E-state index < -0.39 is 0 Å². The molecule has 0 saturated carbocycles. The number of rotatable bonds is 8. The molecule has 5 nitrogen and oxygen atoms in total. The van der Waals surface area contributed by atoms with Crippen LogP contribution in [-0.2, 0) is 17.7 Å². The second kappa shape index (κ2) is 9.72. The van der Waals surface area contributed by atoms with Crippen LogP contribution in [0.15, 0.2) is 60.8 Å². The molecule has 0 spiro atoms. The van der Waals surface area contributed by atoms with Gasteiger partial charge < -0.3 is 15.0 Å². The van der Waals surface area contributed by atoms with E-state index in [0.717, 1.165) is 63.6 Å². The van der Waals surface area contributed by atoms with Gasteiger partial charge in [-0.25, -0.2) is 4.68 Å². The zero-order valence-electron chi connectivity index (χ0n) is 17.2. The molecule has 1 aliphatic heterocycles. The van der Waals surface area contributed by atoms with Gasteiger partial charge in [0, 0.05) is 31.5 Å². The molecular weight excluding hydrogens is 360 g/mol. The highest BCUT2D eigenvalue weighted by molar-refractivity contribution is 5.53. The lowest BCUT2D eigenvalue weighted by molar-refractivity contribution is 0.122. The zero-order chi connectivity index (χ0) is 19.9. The molecule has 152 valence electrons. The van der Waals surface area contributed by atoms with Gasteiger partial charge in [-0.3, -0.25) is 0 Å². The standard InChI is InChI=1S/C24H30N4O/c1-20-22(19-28(26-20)23-10-3-2-4-11-23)9-7-13-25-18-21-8-5-6-12-24(21)27-14-16-29-17-15-27/h2-6,8,10-12,19,25H,7,9,13-18H2,1H3. The molecule has 1 fully saturated rings. The van der Waals surface area contributed by atoms with Crippen molar-refractivity contribution in [1.82, 2.24) is 15.1 Å². The maximum atomic E-state index is 5.49. The Balaban J connectivity index is 1.27. The van der Waals surface area contributed by atoms with E-state index in [0.29, 0.717) is 0 Å². The van der Waals surface area contributed by atoms with E-state index in [9.17, 15) is 0 Å². The number of benzene rings is 2. The first kappa shape index (κ1) is 19.7. The Morgan fingerprint density at radius 3 is 2.55 bits per heavy atom. The van der Waals surface area contributed by atoms with Crippen molar-refractivity contribution in [3.05, 3.63) is 77.6 Å². The molecule has 2 heterocycles. The fourth-order valence-electron chi connectivity index (χ4n) is 3.85. The minimum Gasteiger partial charge on any atom is -0.378 e. The summed E-state index contributed by atoms with van der Waals surface area (Å²) < 4.78 is 7.47. The number of hydrogen-bond acceptors (Lipinski definition) is 4. The third kappa shape index (κ3) is 5.05. The van der Waals surface area contributed by atoms with Crippen LogP contribution < -0.4 is 10.2 Å². The molecule has 0 bridgehead atoms. The van der Waals surface area contributed by atoms with Crippen LogP contribution in [0.4, 0.5) is 5.69 Å². The van der Waals surface area contributed by atoms with Crippen molar-refractivity contribution in [2.24, 2.45) is 0 Å². The van der Waals surface area contributed by atoms with Crippen LogP contribution in [0.2, 0.25) is 0 Å². The van der Waals surface area contributed by atoms with Gasteiger partial charge in [0.05, 0.1) is 24.6 Å². The first-order chi connectivity index (χ1) is 14.3. The van der Waals surface area contributed by atoms with Crippen molar-refractivity contribution in [2.75, 3.05) is 37.7 Å². The minimum atomic E-state index is 0.817. The Morgan fingerprint density at radius 2 is 1.72 bits per heavy atom. The molecule has 1 saturated heterocycles. The van der Waals surface area contributed by atoms with Gasteiger partial charge in [0.2, 0.25) is 0 Å². The molecular formula is C24H30N4O. The normalized spacial score (nSPS) is 14.3. The summed E-state index contributed by atoms with van der Waals surface area (Å²) in [5.41, 5.74) is 6.25. The summed E-state index contributed by atoms with van der Waals surface area (Å²) in [4.78, 5) is 2.43. The van der Waals surface area contributed by atoms with Crippen LogP contribution in [0.5, 0.6) is 0 Å². The first-order valence-electron chi connectivity index (χ1n) is 10.5. The van der Waals surface area contributed by atoms with Crippen LogP contribution in [0.25, 0.3) is 5.69 Å². The van der Waals surface area contributed by atoms with Crippen molar-refractivity contribution in [3.8, 4) is 5.69 Å². The molecule has 1 aromatic heterocycles. The molecule has 0 unspecified atom stereocenters. The molecule has 1 aliphatic rings. The molecule has 29 heavy (non-hydrogen) atoms. The zero-order valence-corrected chi connectivity index (χ0v) is 17.2. The monoisotopic (exact) mass is 390 g/mol. The molecule has 5 heteroatoms. The average molecular weight is 391 g/mol.